The molecule has 44 heavy (non-hydrogen) atoms. The molecular weight excluding hydrogens is 578 g/mol. The highest BCUT2D eigenvalue weighted by Gasteiger charge is 2.37. The van der Waals surface area contributed by atoms with Gasteiger partial charge in [-0.1, -0.05) is 19.1 Å². The highest BCUT2D eigenvalue weighted by Crippen LogP contribution is 2.41. The van der Waals surface area contributed by atoms with Gasteiger partial charge in [-0.2, -0.15) is 9.97 Å². The van der Waals surface area contributed by atoms with Gasteiger partial charge in [-0.05, 0) is 70.1 Å². The zero-order valence-electron chi connectivity index (χ0n) is 25.5. The number of rotatable bonds is 7. The van der Waals surface area contributed by atoms with Gasteiger partial charge in [0.05, 0.1) is 17.1 Å². The van der Waals surface area contributed by atoms with Crippen molar-refractivity contribution in [2.45, 2.75) is 31.8 Å². The Balaban J connectivity index is 1.10. The summed E-state index contributed by atoms with van der Waals surface area (Å²) >= 11 is 0. The quantitative estimate of drug-likeness (QED) is 0.241. The number of hydrogen-bond donors (Lipinski definition) is 3. The van der Waals surface area contributed by atoms with Gasteiger partial charge in [-0.3, -0.25) is 4.90 Å². The number of likely N-dealkylation sites (tertiary alicyclic amines) is 1. The van der Waals surface area contributed by atoms with Crippen LogP contribution in [0.5, 0.6) is 5.75 Å². The molecule has 0 saturated carbocycles. The maximum atomic E-state index is 15.8. The topological polar surface area (TPSA) is 102 Å². The van der Waals surface area contributed by atoms with Gasteiger partial charge in [0.25, 0.3) is 0 Å². The lowest BCUT2D eigenvalue weighted by molar-refractivity contribution is 0.0806. The number of para-hydroxylation sites is 1. The molecule has 12 heteroatoms. The van der Waals surface area contributed by atoms with E-state index in [4.69, 9.17) is 9.72 Å². The number of ether oxygens (including phenoxy) is 1. The molecule has 0 bridgehead atoms. The molecule has 0 aliphatic carbocycles. The minimum atomic E-state index is -2.54. The lowest BCUT2D eigenvalue weighted by Gasteiger charge is -2.49. The average molecular weight is 619 g/mol. The number of nitrogens with zero attached hydrogens (tertiary/aromatic N) is 5. The van der Waals surface area contributed by atoms with Crippen molar-refractivity contribution in [1.29, 1.82) is 0 Å². The minimum Gasteiger partial charge on any atom is -0.489 e. The number of hydrogen-bond acceptors (Lipinski definition) is 9. The summed E-state index contributed by atoms with van der Waals surface area (Å²) in [6.45, 7) is 12.3. The number of piperazine rings is 1. The van der Waals surface area contributed by atoms with E-state index in [9.17, 15) is 4.57 Å². The van der Waals surface area contributed by atoms with E-state index in [-0.39, 0.29) is 11.9 Å². The Labute approximate surface area is 257 Å². The average Bonchev–Trinajstić information content (AvgIpc) is 3.49. The lowest BCUT2D eigenvalue weighted by Crippen LogP contribution is -2.60. The third-order valence-electron chi connectivity index (χ3n) is 9.19. The fraction of sp³-hybridized carbons (Fsp3) is 0.438. The van der Waals surface area contributed by atoms with Crippen molar-refractivity contribution in [2.75, 3.05) is 74.7 Å². The number of halogens is 1. The Kier molecular flexibility index (Phi) is 7.72. The molecule has 10 nitrogen and oxygen atoms in total. The van der Waals surface area contributed by atoms with Gasteiger partial charge in [0, 0.05) is 48.9 Å². The zero-order valence-corrected chi connectivity index (χ0v) is 26.4. The fourth-order valence-corrected chi connectivity index (χ4v) is 8.02. The molecular formula is C32H40FN8O2P. The summed E-state index contributed by atoms with van der Waals surface area (Å²) in [4.78, 5) is 19.8. The van der Waals surface area contributed by atoms with E-state index >= 15 is 4.39 Å². The second-order valence-electron chi connectivity index (χ2n) is 12.4. The van der Waals surface area contributed by atoms with Crippen molar-refractivity contribution in [3.63, 3.8) is 0 Å². The summed E-state index contributed by atoms with van der Waals surface area (Å²) < 4.78 is 34.9. The summed E-state index contributed by atoms with van der Waals surface area (Å²) in [7, 11) is -2.54. The van der Waals surface area contributed by atoms with Gasteiger partial charge in [0.2, 0.25) is 5.95 Å². The summed E-state index contributed by atoms with van der Waals surface area (Å²) in [6, 6.07) is 13.5. The molecule has 3 aliphatic rings. The molecule has 0 unspecified atom stereocenters. The van der Waals surface area contributed by atoms with Gasteiger partial charge in [0.15, 0.2) is 5.82 Å². The number of aromatic amines is 1. The second kappa shape index (κ2) is 11.7. The third kappa shape index (κ3) is 5.64. The van der Waals surface area contributed by atoms with Gasteiger partial charge in [-0.15, -0.1) is 0 Å². The van der Waals surface area contributed by atoms with Gasteiger partial charge < -0.3 is 34.7 Å². The summed E-state index contributed by atoms with van der Waals surface area (Å²) in [5.74, 6) is 1.06. The first kappa shape index (κ1) is 29.1. The number of aromatic nitrogens is 3. The minimum absolute atomic E-state index is 0.130. The predicted octanol–water partition coefficient (Wildman–Crippen LogP) is 5.20. The molecule has 0 spiro atoms. The van der Waals surface area contributed by atoms with Crippen molar-refractivity contribution in [3.05, 3.63) is 54.5 Å². The van der Waals surface area contributed by atoms with Crippen LogP contribution in [0.2, 0.25) is 0 Å². The SMILES string of the molecule is CCN1CCC(N2CCN3c4c(F)cc(Nc5nc(Nc6ccccc6P(C)(C)=O)c6cc[nH]c6n5)cc4OC[C@H]3C2)CC1. The zero-order chi connectivity index (χ0) is 30.4. The molecule has 3 aliphatic heterocycles. The van der Waals surface area contributed by atoms with Crippen LogP contribution in [0.15, 0.2) is 48.7 Å². The molecule has 232 valence electrons. The molecule has 5 heterocycles. The van der Waals surface area contributed by atoms with E-state index in [1.54, 1.807) is 19.5 Å². The molecule has 2 aromatic heterocycles. The summed E-state index contributed by atoms with van der Waals surface area (Å²) in [5, 5.41) is 8.08. The van der Waals surface area contributed by atoms with Crippen LogP contribution < -0.4 is 25.6 Å². The molecule has 2 aromatic carbocycles. The van der Waals surface area contributed by atoms with Crippen LogP contribution in [0.1, 0.15) is 19.8 Å². The maximum Gasteiger partial charge on any atom is 0.231 e. The smallest absolute Gasteiger partial charge is 0.231 e. The summed E-state index contributed by atoms with van der Waals surface area (Å²) in [6.07, 6.45) is 4.18. The molecule has 2 fully saturated rings. The van der Waals surface area contributed by atoms with E-state index in [0.29, 0.717) is 47.2 Å². The number of anilines is 5. The monoisotopic (exact) mass is 618 g/mol. The van der Waals surface area contributed by atoms with E-state index in [1.165, 1.54) is 18.9 Å². The van der Waals surface area contributed by atoms with Crippen molar-refractivity contribution in [3.8, 4) is 5.75 Å². The number of nitrogens with one attached hydrogen (secondary N) is 3. The van der Waals surface area contributed by atoms with Crippen LogP contribution in [0, 0.1) is 5.82 Å². The van der Waals surface area contributed by atoms with Crippen LogP contribution in [0.3, 0.4) is 0 Å². The van der Waals surface area contributed by atoms with Gasteiger partial charge in [-0.25, -0.2) is 4.39 Å². The Morgan fingerprint density at radius 3 is 2.66 bits per heavy atom. The Bertz CT molecular complexity index is 1720. The molecule has 0 amide bonds. The van der Waals surface area contributed by atoms with Crippen LogP contribution in [0.4, 0.5) is 33.2 Å². The van der Waals surface area contributed by atoms with Crippen molar-refractivity contribution >= 4 is 52.3 Å². The third-order valence-corrected chi connectivity index (χ3v) is 10.7. The second-order valence-corrected chi connectivity index (χ2v) is 15.6. The van der Waals surface area contributed by atoms with Crippen LogP contribution in [-0.2, 0) is 4.57 Å². The first-order valence-corrected chi connectivity index (χ1v) is 18.1. The number of benzene rings is 2. The van der Waals surface area contributed by atoms with E-state index < -0.39 is 7.14 Å². The maximum absolute atomic E-state index is 15.8. The molecule has 0 radical (unpaired) electrons. The molecule has 2 saturated heterocycles. The van der Waals surface area contributed by atoms with E-state index in [2.05, 4.69) is 42.2 Å². The first-order chi connectivity index (χ1) is 21.3. The highest BCUT2D eigenvalue weighted by molar-refractivity contribution is 7.70. The summed E-state index contributed by atoms with van der Waals surface area (Å²) in [5.41, 5.74) is 2.39. The number of fused-ring (bicyclic) bond motifs is 4. The first-order valence-electron chi connectivity index (χ1n) is 15.5. The lowest BCUT2D eigenvalue weighted by atomic mass is 9.99. The molecule has 4 aromatic rings. The van der Waals surface area contributed by atoms with Crippen LogP contribution >= 0.6 is 7.14 Å². The Morgan fingerprint density at radius 2 is 1.86 bits per heavy atom. The number of piperidine rings is 1. The van der Waals surface area contributed by atoms with E-state index in [0.717, 1.165) is 55.6 Å². The van der Waals surface area contributed by atoms with Crippen molar-refractivity contribution in [1.82, 2.24) is 24.8 Å². The molecule has 7 rings (SSSR count). The standard InChI is InChI=1S/C32H40FN8O2P/c1-4-39-13-10-22(11-14-39)40-15-16-41-23(19-40)20-43-27-18-21(17-25(33)29(27)41)35-32-37-30-24(9-12-34-30)31(38-32)36-26-7-5-6-8-28(26)44(2,3)42/h5-9,12,17-18,22-23H,4,10-11,13-16,19-20H2,1-3H3,(H3,34,35,36,37,38)/t23-/m1/s1. The van der Waals surface area contributed by atoms with Crippen molar-refractivity contribution in [2.24, 2.45) is 0 Å². The largest absolute Gasteiger partial charge is 0.489 e. The predicted molar refractivity (Wildman–Crippen MR) is 176 cm³/mol. The van der Waals surface area contributed by atoms with Crippen LogP contribution in [-0.4, -0.2) is 96.0 Å². The fourth-order valence-electron chi connectivity index (χ4n) is 6.87. The highest BCUT2D eigenvalue weighted by atomic mass is 31.2. The van der Waals surface area contributed by atoms with Gasteiger partial charge >= 0.3 is 0 Å². The van der Waals surface area contributed by atoms with Gasteiger partial charge in [0.1, 0.15) is 36.7 Å². The molecule has 1 atom stereocenters. The number of H-pyrrole nitrogens is 1. The Morgan fingerprint density at radius 1 is 1.05 bits per heavy atom. The normalized spacial score (nSPS) is 19.8. The molecule has 3 N–H and O–H groups in total. The van der Waals surface area contributed by atoms with Crippen molar-refractivity contribution < 1.29 is 13.7 Å². The van der Waals surface area contributed by atoms with Crippen LogP contribution in [0.25, 0.3) is 11.0 Å². The van der Waals surface area contributed by atoms with E-state index in [1.807, 2.05) is 36.4 Å². The Hall–Kier alpha value is -3.66.